The SMILES string of the molecule is O=C1O[C@@H]([C@@H](O)CO)C=C1O.[Na]. The molecular formula is C6H8NaO5. The maximum Gasteiger partial charge on any atom is 0.373 e. The number of ether oxygens (including phenoxy) is 1. The van der Waals surface area contributed by atoms with Crippen LogP contribution >= 0.6 is 0 Å². The van der Waals surface area contributed by atoms with E-state index in [9.17, 15) is 4.79 Å². The van der Waals surface area contributed by atoms with E-state index in [2.05, 4.69) is 4.74 Å². The Balaban J connectivity index is 0.00000121. The van der Waals surface area contributed by atoms with Gasteiger partial charge in [0.2, 0.25) is 5.76 Å². The molecule has 0 saturated heterocycles. The van der Waals surface area contributed by atoms with Crippen LogP contribution in [0, 0.1) is 0 Å². The van der Waals surface area contributed by atoms with Crippen molar-refractivity contribution >= 4 is 35.5 Å². The van der Waals surface area contributed by atoms with Crippen molar-refractivity contribution in [1.82, 2.24) is 0 Å². The van der Waals surface area contributed by atoms with E-state index in [1.165, 1.54) is 0 Å². The predicted octanol–water partition coefficient (Wildman–Crippen LogP) is -1.67. The minimum absolute atomic E-state index is 0. The van der Waals surface area contributed by atoms with Gasteiger partial charge in [-0.05, 0) is 0 Å². The maximum atomic E-state index is 10.5. The molecule has 2 atom stereocenters. The Morgan fingerprint density at radius 2 is 2.25 bits per heavy atom. The summed E-state index contributed by atoms with van der Waals surface area (Å²) in [5.41, 5.74) is 0. The van der Waals surface area contributed by atoms with Crippen LogP contribution in [0.5, 0.6) is 0 Å². The smallest absolute Gasteiger partial charge is 0.373 e. The molecule has 0 aromatic heterocycles. The van der Waals surface area contributed by atoms with Crippen LogP contribution in [0.25, 0.3) is 0 Å². The zero-order valence-electron chi connectivity index (χ0n) is 6.60. The third kappa shape index (κ3) is 2.46. The molecule has 0 saturated carbocycles. The molecule has 1 aliphatic rings. The number of rotatable bonds is 2. The molecule has 0 aromatic rings. The predicted molar refractivity (Wildman–Crippen MR) is 39.4 cm³/mol. The van der Waals surface area contributed by atoms with Crippen molar-refractivity contribution in [2.75, 3.05) is 6.61 Å². The van der Waals surface area contributed by atoms with Crippen LogP contribution in [0.1, 0.15) is 0 Å². The van der Waals surface area contributed by atoms with Crippen LogP contribution in [-0.4, -0.2) is 69.7 Å². The van der Waals surface area contributed by atoms with Crippen LogP contribution < -0.4 is 0 Å². The first-order valence-electron chi connectivity index (χ1n) is 3.06. The number of carbonyl (C=O) groups excluding carboxylic acids is 1. The van der Waals surface area contributed by atoms with Crippen molar-refractivity contribution in [2.24, 2.45) is 0 Å². The van der Waals surface area contributed by atoms with Gasteiger partial charge in [-0.1, -0.05) is 0 Å². The van der Waals surface area contributed by atoms with Crippen LogP contribution in [0.4, 0.5) is 0 Å². The molecular weight excluding hydrogens is 175 g/mol. The van der Waals surface area contributed by atoms with Crippen molar-refractivity contribution in [2.45, 2.75) is 12.2 Å². The Hall–Kier alpha value is -0.0700. The van der Waals surface area contributed by atoms with E-state index in [1.807, 2.05) is 0 Å². The quantitative estimate of drug-likeness (QED) is 0.352. The number of cyclic esters (lactones) is 1. The summed E-state index contributed by atoms with van der Waals surface area (Å²) < 4.78 is 4.43. The van der Waals surface area contributed by atoms with Crippen molar-refractivity contribution < 1.29 is 24.9 Å². The van der Waals surface area contributed by atoms with Crippen molar-refractivity contribution in [3.05, 3.63) is 11.8 Å². The number of hydrogen-bond donors (Lipinski definition) is 3. The summed E-state index contributed by atoms with van der Waals surface area (Å²) in [6, 6.07) is 0. The van der Waals surface area contributed by atoms with Crippen molar-refractivity contribution in [3.8, 4) is 0 Å². The van der Waals surface area contributed by atoms with Gasteiger partial charge in [0.15, 0.2) is 6.10 Å². The minimum Gasteiger partial charge on any atom is -0.502 e. The van der Waals surface area contributed by atoms with Gasteiger partial charge in [0.25, 0.3) is 0 Å². The van der Waals surface area contributed by atoms with Crippen LogP contribution in [0.2, 0.25) is 0 Å². The molecule has 6 heteroatoms. The maximum absolute atomic E-state index is 10.5. The van der Waals surface area contributed by atoms with Crippen molar-refractivity contribution in [1.29, 1.82) is 0 Å². The first-order chi connectivity index (χ1) is 5.15. The molecule has 0 bridgehead atoms. The van der Waals surface area contributed by atoms with Gasteiger partial charge in [-0.25, -0.2) is 4.79 Å². The van der Waals surface area contributed by atoms with Gasteiger partial charge in [-0.15, -0.1) is 0 Å². The normalized spacial score (nSPS) is 24.0. The van der Waals surface area contributed by atoms with E-state index >= 15 is 0 Å². The van der Waals surface area contributed by atoms with Gasteiger partial charge in [0.05, 0.1) is 6.61 Å². The summed E-state index contributed by atoms with van der Waals surface area (Å²) in [5, 5.41) is 26.0. The number of aliphatic hydroxyl groups is 3. The van der Waals surface area contributed by atoms with E-state index in [4.69, 9.17) is 15.3 Å². The van der Waals surface area contributed by atoms with Gasteiger partial charge in [-0.3, -0.25) is 0 Å². The fourth-order valence-corrected chi connectivity index (χ4v) is 0.735. The van der Waals surface area contributed by atoms with Crippen LogP contribution in [0.3, 0.4) is 0 Å². The van der Waals surface area contributed by atoms with E-state index < -0.39 is 30.5 Å². The fourth-order valence-electron chi connectivity index (χ4n) is 0.735. The monoisotopic (exact) mass is 183 g/mol. The van der Waals surface area contributed by atoms with E-state index in [1.54, 1.807) is 0 Å². The average molecular weight is 183 g/mol. The zero-order valence-corrected chi connectivity index (χ0v) is 8.60. The number of aliphatic hydroxyl groups excluding tert-OH is 3. The Morgan fingerprint density at radius 1 is 1.67 bits per heavy atom. The summed E-state index contributed by atoms with van der Waals surface area (Å²) in [6.07, 6.45) is -1.03. The molecule has 1 aliphatic heterocycles. The zero-order chi connectivity index (χ0) is 8.43. The summed E-state index contributed by atoms with van der Waals surface area (Å²) >= 11 is 0. The molecule has 0 fully saturated rings. The van der Waals surface area contributed by atoms with E-state index in [0.29, 0.717) is 0 Å². The van der Waals surface area contributed by atoms with Gasteiger partial charge in [0.1, 0.15) is 6.10 Å². The van der Waals surface area contributed by atoms with E-state index in [-0.39, 0.29) is 29.6 Å². The number of carbonyl (C=O) groups is 1. The summed E-state index contributed by atoms with van der Waals surface area (Å²) in [4.78, 5) is 10.5. The Labute approximate surface area is 90.9 Å². The Morgan fingerprint density at radius 3 is 2.58 bits per heavy atom. The summed E-state index contributed by atoms with van der Waals surface area (Å²) in [5.74, 6) is -1.40. The molecule has 1 rings (SSSR count). The topological polar surface area (TPSA) is 87.0 Å². The van der Waals surface area contributed by atoms with Gasteiger partial charge in [-0.2, -0.15) is 0 Å². The average Bonchev–Trinajstić information content (AvgIpc) is 2.31. The summed E-state index contributed by atoms with van der Waals surface area (Å²) in [7, 11) is 0. The first-order valence-corrected chi connectivity index (χ1v) is 3.06. The van der Waals surface area contributed by atoms with Crippen molar-refractivity contribution in [3.63, 3.8) is 0 Å². The minimum atomic E-state index is -1.16. The molecule has 0 spiro atoms. The molecule has 0 aliphatic carbocycles. The second-order valence-electron chi connectivity index (χ2n) is 2.17. The Kier molecular flexibility index (Phi) is 4.81. The molecule has 1 radical (unpaired) electrons. The molecule has 1 heterocycles. The van der Waals surface area contributed by atoms with Gasteiger partial charge < -0.3 is 20.1 Å². The second kappa shape index (κ2) is 4.84. The van der Waals surface area contributed by atoms with Gasteiger partial charge in [0, 0.05) is 35.6 Å². The van der Waals surface area contributed by atoms with E-state index in [0.717, 1.165) is 6.08 Å². The molecule has 3 N–H and O–H groups in total. The summed E-state index contributed by atoms with van der Waals surface area (Å²) in [6.45, 7) is -0.512. The Bertz CT molecular complexity index is 202. The van der Waals surface area contributed by atoms with Crippen LogP contribution in [-0.2, 0) is 9.53 Å². The molecule has 0 unspecified atom stereocenters. The largest absolute Gasteiger partial charge is 0.502 e. The third-order valence-corrected chi connectivity index (χ3v) is 1.34. The third-order valence-electron chi connectivity index (χ3n) is 1.34. The first kappa shape index (κ1) is 11.9. The van der Waals surface area contributed by atoms with Gasteiger partial charge >= 0.3 is 5.97 Å². The molecule has 0 amide bonds. The standard InChI is InChI=1S/C6H8O5.Na/c7-2-4(9)5-1-3(8)6(10)11-5;/h1,4-5,7-9H,2H2;/t4-,5+;/m0./s1. The molecule has 5 nitrogen and oxygen atoms in total. The van der Waals surface area contributed by atoms with Crippen LogP contribution in [0.15, 0.2) is 11.8 Å². The second-order valence-corrected chi connectivity index (χ2v) is 2.17. The fraction of sp³-hybridized carbons (Fsp3) is 0.500. The number of esters is 1. The molecule has 0 aromatic carbocycles. The number of hydrogen-bond acceptors (Lipinski definition) is 5. The molecule has 63 valence electrons. The molecule has 12 heavy (non-hydrogen) atoms.